The Kier molecular flexibility index (Phi) is 3.04. The number of rotatable bonds is 3. The number of aliphatic hydroxyl groups is 1. The molecule has 0 spiro atoms. The maximum absolute atomic E-state index is 8.65. The van der Waals surface area contributed by atoms with Gasteiger partial charge in [0.15, 0.2) is 0 Å². The molecule has 0 radical (unpaired) electrons. The fraction of sp³-hybridized carbons (Fsp3) is 0.167. The minimum Gasteiger partial charge on any atom is -0.512 e. The van der Waals surface area contributed by atoms with Crippen molar-refractivity contribution in [2.24, 2.45) is 0 Å². The van der Waals surface area contributed by atoms with Crippen molar-refractivity contribution < 1.29 is 19.8 Å². The maximum Gasteiger partial charge on any atom is 0.707 e. The zero-order chi connectivity index (χ0) is 8.97. The lowest BCUT2D eigenvalue weighted by Gasteiger charge is -2.04. The summed E-state index contributed by atoms with van der Waals surface area (Å²) in [5.74, 6) is 0.254. The van der Waals surface area contributed by atoms with Crippen molar-refractivity contribution in [3.8, 4) is 5.75 Å². The molecule has 1 aromatic heterocycles. The molecule has 12 heavy (non-hydrogen) atoms. The highest BCUT2D eigenvalue weighted by atomic mass is 16.6. The van der Waals surface area contributed by atoms with E-state index >= 15 is 0 Å². The van der Waals surface area contributed by atoms with Gasteiger partial charge in [-0.3, -0.25) is 4.98 Å². The minimum absolute atomic E-state index is 0.210. The van der Waals surface area contributed by atoms with Crippen LogP contribution in [-0.2, 0) is 6.61 Å². The van der Waals surface area contributed by atoms with Crippen LogP contribution in [0.2, 0.25) is 0 Å². The van der Waals surface area contributed by atoms with E-state index in [1.165, 1.54) is 18.3 Å². The zero-order valence-corrected chi connectivity index (χ0v) is 6.21. The first-order valence-electron chi connectivity index (χ1n) is 3.31. The summed E-state index contributed by atoms with van der Waals surface area (Å²) in [4.78, 5) is 3.77. The zero-order valence-electron chi connectivity index (χ0n) is 6.21. The first-order chi connectivity index (χ1) is 5.72. The predicted molar refractivity (Wildman–Crippen MR) is 41.0 cm³/mol. The van der Waals surface area contributed by atoms with Gasteiger partial charge in [0.1, 0.15) is 5.75 Å². The van der Waals surface area contributed by atoms with Crippen LogP contribution in [0.5, 0.6) is 5.75 Å². The molecule has 0 atom stereocenters. The largest absolute Gasteiger partial charge is 0.707 e. The van der Waals surface area contributed by atoms with Crippen molar-refractivity contribution in [2.45, 2.75) is 6.61 Å². The highest BCUT2D eigenvalue weighted by Gasteiger charge is 2.10. The Hall–Kier alpha value is -1.11. The normalized spacial score (nSPS) is 9.58. The molecule has 0 unspecified atom stereocenters. The predicted octanol–water partition coefficient (Wildman–Crippen LogP) is -1.08. The highest BCUT2D eigenvalue weighted by Crippen LogP contribution is 2.10. The van der Waals surface area contributed by atoms with E-state index in [1.54, 1.807) is 0 Å². The monoisotopic (exact) mass is 169 g/mol. The number of aliphatic hydroxyl groups excluding tert-OH is 1. The van der Waals surface area contributed by atoms with E-state index in [2.05, 4.69) is 9.64 Å². The van der Waals surface area contributed by atoms with Gasteiger partial charge in [-0.15, -0.1) is 0 Å². The second-order valence-electron chi connectivity index (χ2n) is 2.09. The molecule has 0 fully saturated rings. The highest BCUT2D eigenvalue weighted by molar-refractivity contribution is 6.33. The van der Waals surface area contributed by atoms with E-state index in [4.69, 9.17) is 15.2 Å². The number of aromatic nitrogens is 1. The summed E-state index contributed by atoms with van der Waals surface area (Å²) in [5.41, 5.74) is 0.410. The molecule has 1 aromatic rings. The molecule has 0 aliphatic carbocycles. The average molecular weight is 169 g/mol. The van der Waals surface area contributed by atoms with Crippen LogP contribution >= 0.6 is 0 Å². The lowest BCUT2D eigenvalue weighted by molar-refractivity contribution is 0.272. The van der Waals surface area contributed by atoms with Crippen LogP contribution in [0.15, 0.2) is 18.3 Å². The summed E-state index contributed by atoms with van der Waals surface area (Å²) in [6.07, 6.45) is 1.41. The van der Waals surface area contributed by atoms with Crippen LogP contribution in [0.4, 0.5) is 0 Å². The standard InChI is InChI=1S/C6H8BNO4/c9-4-5-3-6(1-2-8-5)12-7(10)11/h1-3,9-11H,4H2. The Balaban J connectivity index is 2.72. The molecule has 5 nitrogen and oxygen atoms in total. The molecule has 0 saturated carbocycles. The summed E-state index contributed by atoms with van der Waals surface area (Å²) in [6, 6.07) is 2.87. The van der Waals surface area contributed by atoms with Crippen molar-refractivity contribution >= 4 is 7.32 Å². The topological polar surface area (TPSA) is 82.8 Å². The van der Waals surface area contributed by atoms with Gasteiger partial charge in [0, 0.05) is 12.3 Å². The van der Waals surface area contributed by atoms with Crippen LogP contribution in [0, 0.1) is 0 Å². The lowest BCUT2D eigenvalue weighted by Crippen LogP contribution is -2.20. The molecular formula is C6H8BNO4. The molecule has 0 aliphatic heterocycles. The first kappa shape index (κ1) is 8.99. The summed E-state index contributed by atoms with van der Waals surface area (Å²) in [6.45, 7) is -0.210. The molecule has 1 heterocycles. The average Bonchev–Trinajstić information content (AvgIpc) is 2.03. The Morgan fingerprint density at radius 3 is 2.83 bits per heavy atom. The van der Waals surface area contributed by atoms with E-state index in [-0.39, 0.29) is 12.4 Å². The molecular weight excluding hydrogens is 161 g/mol. The Bertz CT molecular complexity index is 255. The van der Waals surface area contributed by atoms with E-state index in [9.17, 15) is 0 Å². The van der Waals surface area contributed by atoms with E-state index in [0.717, 1.165) is 0 Å². The molecule has 0 bridgehead atoms. The molecule has 0 aromatic carbocycles. The Morgan fingerprint density at radius 2 is 2.25 bits per heavy atom. The van der Waals surface area contributed by atoms with Gasteiger partial charge in [-0.1, -0.05) is 0 Å². The van der Waals surface area contributed by atoms with Crippen LogP contribution in [0.1, 0.15) is 5.69 Å². The van der Waals surface area contributed by atoms with Gasteiger partial charge in [0.05, 0.1) is 12.3 Å². The summed E-state index contributed by atoms with van der Waals surface area (Å²) >= 11 is 0. The Labute approximate surface area is 69.4 Å². The smallest absolute Gasteiger partial charge is 0.512 e. The Morgan fingerprint density at radius 1 is 1.50 bits per heavy atom. The second-order valence-corrected chi connectivity index (χ2v) is 2.09. The van der Waals surface area contributed by atoms with E-state index in [0.29, 0.717) is 5.69 Å². The second kappa shape index (κ2) is 4.05. The molecule has 6 heteroatoms. The van der Waals surface area contributed by atoms with E-state index < -0.39 is 7.32 Å². The number of hydrogen-bond acceptors (Lipinski definition) is 5. The van der Waals surface area contributed by atoms with Crippen LogP contribution in [-0.4, -0.2) is 27.5 Å². The fourth-order valence-electron chi connectivity index (χ4n) is 0.738. The van der Waals surface area contributed by atoms with Crippen molar-refractivity contribution in [3.63, 3.8) is 0 Å². The van der Waals surface area contributed by atoms with Gasteiger partial charge in [-0.25, -0.2) is 0 Å². The van der Waals surface area contributed by atoms with Gasteiger partial charge in [0.25, 0.3) is 0 Å². The van der Waals surface area contributed by atoms with Gasteiger partial charge in [-0.05, 0) is 6.07 Å². The molecule has 0 saturated heterocycles. The van der Waals surface area contributed by atoms with E-state index in [1.807, 2.05) is 0 Å². The molecule has 0 aliphatic rings. The minimum atomic E-state index is -1.85. The third-order valence-electron chi connectivity index (χ3n) is 1.19. The maximum atomic E-state index is 8.65. The first-order valence-corrected chi connectivity index (χ1v) is 3.31. The quantitative estimate of drug-likeness (QED) is 0.501. The number of hydrogen-bond donors (Lipinski definition) is 3. The lowest BCUT2D eigenvalue weighted by atomic mass is 10.2. The van der Waals surface area contributed by atoms with Crippen molar-refractivity contribution in [2.75, 3.05) is 0 Å². The number of nitrogens with zero attached hydrogens (tertiary/aromatic N) is 1. The number of pyridine rings is 1. The summed E-state index contributed by atoms with van der Waals surface area (Å²) in [7, 11) is -1.85. The fourth-order valence-corrected chi connectivity index (χ4v) is 0.738. The summed E-state index contributed by atoms with van der Waals surface area (Å²) in [5, 5.41) is 25.5. The van der Waals surface area contributed by atoms with Crippen LogP contribution in [0.25, 0.3) is 0 Å². The van der Waals surface area contributed by atoms with Crippen LogP contribution < -0.4 is 4.65 Å². The van der Waals surface area contributed by atoms with Crippen molar-refractivity contribution in [1.29, 1.82) is 0 Å². The van der Waals surface area contributed by atoms with Gasteiger partial charge in [-0.2, -0.15) is 0 Å². The van der Waals surface area contributed by atoms with Gasteiger partial charge >= 0.3 is 7.32 Å². The van der Waals surface area contributed by atoms with Gasteiger partial charge in [0.2, 0.25) is 0 Å². The van der Waals surface area contributed by atoms with Crippen LogP contribution in [0.3, 0.4) is 0 Å². The molecule has 1 rings (SSSR count). The molecule has 3 N–H and O–H groups in total. The van der Waals surface area contributed by atoms with Crippen molar-refractivity contribution in [3.05, 3.63) is 24.0 Å². The van der Waals surface area contributed by atoms with Gasteiger partial charge < -0.3 is 19.8 Å². The third-order valence-corrected chi connectivity index (χ3v) is 1.19. The molecule has 64 valence electrons. The SMILES string of the molecule is OCc1cc(OB(O)O)ccn1. The molecule has 0 amide bonds. The third kappa shape index (κ3) is 2.50. The van der Waals surface area contributed by atoms with Crippen molar-refractivity contribution in [1.82, 2.24) is 4.98 Å². The summed E-state index contributed by atoms with van der Waals surface area (Å²) < 4.78 is 4.52.